The summed E-state index contributed by atoms with van der Waals surface area (Å²) in [5.74, 6) is 1.06. The van der Waals surface area contributed by atoms with Gasteiger partial charge in [-0.3, -0.25) is 9.59 Å². The number of aryl methyl sites for hydroxylation is 2. The summed E-state index contributed by atoms with van der Waals surface area (Å²) in [4.78, 5) is 27.2. The van der Waals surface area contributed by atoms with Gasteiger partial charge < -0.3 is 15.0 Å². The van der Waals surface area contributed by atoms with Crippen LogP contribution in [0.1, 0.15) is 44.4 Å². The van der Waals surface area contributed by atoms with E-state index >= 15 is 0 Å². The Morgan fingerprint density at radius 1 is 1.06 bits per heavy atom. The molecule has 2 N–H and O–H groups in total. The van der Waals surface area contributed by atoms with Gasteiger partial charge >= 0.3 is 0 Å². The van der Waals surface area contributed by atoms with Crippen molar-refractivity contribution in [3.8, 4) is 17.1 Å². The number of carbonyl (C=O) groups is 1. The summed E-state index contributed by atoms with van der Waals surface area (Å²) in [7, 11) is 0. The quantitative estimate of drug-likeness (QED) is 0.449. The van der Waals surface area contributed by atoms with E-state index < -0.39 is 0 Å². The highest BCUT2D eigenvalue weighted by molar-refractivity contribution is 5.76. The fraction of sp³-hybridized carbons (Fsp3) is 0.360. The van der Waals surface area contributed by atoms with Gasteiger partial charge in [0, 0.05) is 24.9 Å². The minimum atomic E-state index is -0.327. The first-order valence-electron chi connectivity index (χ1n) is 11.1. The summed E-state index contributed by atoms with van der Waals surface area (Å²) < 4.78 is 5.76. The zero-order valence-electron chi connectivity index (χ0n) is 18.6. The van der Waals surface area contributed by atoms with Crippen molar-refractivity contribution >= 4 is 5.91 Å². The number of nitrogens with one attached hydrogen (secondary N) is 2. The monoisotopic (exact) mass is 434 g/mol. The molecule has 0 aliphatic heterocycles. The molecule has 2 aromatic carbocycles. The van der Waals surface area contributed by atoms with Gasteiger partial charge in [0.2, 0.25) is 5.91 Å². The van der Waals surface area contributed by atoms with Crippen LogP contribution >= 0.6 is 0 Å². The molecule has 1 heterocycles. The number of aromatic nitrogens is 3. The van der Waals surface area contributed by atoms with Gasteiger partial charge in [0.15, 0.2) is 5.82 Å². The Kier molecular flexibility index (Phi) is 8.54. The van der Waals surface area contributed by atoms with E-state index in [2.05, 4.69) is 39.6 Å². The molecule has 1 atom stereocenters. The van der Waals surface area contributed by atoms with Crippen molar-refractivity contribution in [2.75, 3.05) is 6.54 Å². The minimum Gasteiger partial charge on any atom is -0.491 e. The molecule has 3 rings (SSSR count). The highest BCUT2D eigenvalue weighted by atomic mass is 16.5. The standard InChI is InChI=1S/C25H30N4O3/c1-3-18(2)32-21-13-11-20(12-14-21)24-27-25(31)22(28-29-24)15-16-23(30)26-17-7-10-19-8-5-4-6-9-19/h4-6,8-9,11-14,18H,3,7,10,15-17H2,1-2H3,(H,26,30)(H,27,29,31)/t18-/m0/s1. The third-order valence-corrected chi connectivity index (χ3v) is 5.20. The Balaban J connectivity index is 1.46. The SMILES string of the molecule is CC[C@H](C)Oc1ccc(-c2nnc(CCC(=O)NCCCc3ccccc3)c(=O)[nH]2)cc1. The molecule has 0 fully saturated rings. The van der Waals surface area contributed by atoms with Crippen LogP contribution in [0, 0.1) is 0 Å². The maximum atomic E-state index is 12.4. The number of H-pyrrole nitrogens is 1. The highest BCUT2D eigenvalue weighted by Crippen LogP contribution is 2.19. The van der Waals surface area contributed by atoms with Gasteiger partial charge in [0.25, 0.3) is 5.56 Å². The first-order valence-corrected chi connectivity index (χ1v) is 11.1. The second-order valence-electron chi connectivity index (χ2n) is 7.75. The van der Waals surface area contributed by atoms with Gasteiger partial charge in [-0.2, -0.15) is 0 Å². The summed E-state index contributed by atoms with van der Waals surface area (Å²) in [6.45, 7) is 4.68. The van der Waals surface area contributed by atoms with Gasteiger partial charge in [-0.05, 0) is 56.0 Å². The lowest BCUT2D eigenvalue weighted by atomic mass is 10.1. The van der Waals surface area contributed by atoms with Gasteiger partial charge in [0.1, 0.15) is 11.4 Å². The Hall–Kier alpha value is -3.48. The zero-order chi connectivity index (χ0) is 22.8. The number of ether oxygens (including phenoxy) is 1. The largest absolute Gasteiger partial charge is 0.491 e. The Morgan fingerprint density at radius 3 is 2.50 bits per heavy atom. The van der Waals surface area contributed by atoms with E-state index in [9.17, 15) is 9.59 Å². The van der Waals surface area contributed by atoms with E-state index in [1.807, 2.05) is 49.4 Å². The maximum Gasteiger partial charge on any atom is 0.273 e. The van der Waals surface area contributed by atoms with Crippen molar-refractivity contribution in [2.24, 2.45) is 0 Å². The number of rotatable bonds is 11. The van der Waals surface area contributed by atoms with E-state index in [0.29, 0.717) is 12.4 Å². The molecular formula is C25H30N4O3. The molecule has 168 valence electrons. The lowest BCUT2D eigenvalue weighted by Gasteiger charge is -2.12. The van der Waals surface area contributed by atoms with Crippen LogP contribution in [0.15, 0.2) is 59.4 Å². The molecule has 1 amide bonds. The second kappa shape index (κ2) is 11.8. The van der Waals surface area contributed by atoms with Crippen LogP contribution in [0.4, 0.5) is 0 Å². The number of hydrogen-bond donors (Lipinski definition) is 2. The molecule has 1 aromatic heterocycles. The van der Waals surface area contributed by atoms with Crippen LogP contribution in [0.2, 0.25) is 0 Å². The van der Waals surface area contributed by atoms with Crippen LogP contribution in [-0.2, 0) is 17.6 Å². The lowest BCUT2D eigenvalue weighted by molar-refractivity contribution is -0.121. The predicted octanol–water partition coefficient (Wildman–Crippen LogP) is 3.69. The number of aromatic amines is 1. The number of hydrogen-bond acceptors (Lipinski definition) is 5. The number of amides is 1. The molecule has 0 saturated heterocycles. The zero-order valence-corrected chi connectivity index (χ0v) is 18.6. The number of benzene rings is 2. The number of carbonyl (C=O) groups excluding carboxylic acids is 1. The van der Waals surface area contributed by atoms with E-state index in [1.165, 1.54) is 5.56 Å². The molecule has 7 heteroatoms. The average molecular weight is 435 g/mol. The van der Waals surface area contributed by atoms with Crippen LogP contribution in [0.25, 0.3) is 11.4 Å². The Bertz CT molecular complexity index is 1050. The van der Waals surface area contributed by atoms with Crippen LogP contribution < -0.4 is 15.6 Å². The molecule has 0 saturated carbocycles. The predicted molar refractivity (Wildman–Crippen MR) is 125 cm³/mol. The average Bonchev–Trinajstić information content (AvgIpc) is 2.82. The molecule has 0 spiro atoms. The maximum absolute atomic E-state index is 12.4. The third-order valence-electron chi connectivity index (χ3n) is 5.20. The summed E-state index contributed by atoms with van der Waals surface area (Å²) in [6.07, 6.45) is 3.29. The first-order chi connectivity index (χ1) is 15.5. The lowest BCUT2D eigenvalue weighted by Crippen LogP contribution is -2.26. The Morgan fingerprint density at radius 2 is 1.81 bits per heavy atom. The van der Waals surface area contributed by atoms with Crippen molar-refractivity contribution in [1.82, 2.24) is 20.5 Å². The molecule has 0 unspecified atom stereocenters. The van der Waals surface area contributed by atoms with Crippen molar-refractivity contribution in [3.63, 3.8) is 0 Å². The van der Waals surface area contributed by atoms with E-state index in [-0.39, 0.29) is 36.1 Å². The van der Waals surface area contributed by atoms with Crippen molar-refractivity contribution in [2.45, 2.75) is 52.1 Å². The van der Waals surface area contributed by atoms with Gasteiger partial charge in [-0.25, -0.2) is 0 Å². The molecule has 0 radical (unpaired) electrons. The van der Waals surface area contributed by atoms with E-state index in [0.717, 1.165) is 30.6 Å². The fourth-order valence-corrected chi connectivity index (χ4v) is 3.15. The van der Waals surface area contributed by atoms with Crippen molar-refractivity contribution < 1.29 is 9.53 Å². The highest BCUT2D eigenvalue weighted by Gasteiger charge is 2.10. The smallest absolute Gasteiger partial charge is 0.273 e. The second-order valence-corrected chi connectivity index (χ2v) is 7.75. The van der Waals surface area contributed by atoms with Gasteiger partial charge in [-0.1, -0.05) is 37.3 Å². The van der Waals surface area contributed by atoms with Crippen molar-refractivity contribution in [3.05, 3.63) is 76.2 Å². The van der Waals surface area contributed by atoms with Crippen LogP contribution in [0.5, 0.6) is 5.75 Å². The van der Waals surface area contributed by atoms with E-state index in [4.69, 9.17) is 4.74 Å². The fourth-order valence-electron chi connectivity index (χ4n) is 3.15. The minimum absolute atomic E-state index is 0.0970. The van der Waals surface area contributed by atoms with Crippen molar-refractivity contribution in [1.29, 1.82) is 0 Å². The topological polar surface area (TPSA) is 97.0 Å². The third kappa shape index (κ3) is 7.04. The molecule has 0 aliphatic carbocycles. The summed E-state index contributed by atoms with van der Waals surface area (Å²) in [5, 5.41) is 11.1. The summed E-state index contributed by atoms with van der Waals surface area (Å²) in [6, 6.07) is 17.5. The van der Waals surface area contributed by atoms with Crippen LogP contribution in [0.3, 0.4) is 0 Å². The molecular weight excluding hydrogens is 404 g/mol. The summed E-state index contributed by atoms with van der Waals surface area (Å²) in [5.41, 5.74) is 1.92. The Labute approximate surface area is 188 Å². The van der Waals surface area contributed by atoms with E-state index in [1.54, 1.807) is 0 Å². The van der Waals surface area contributed by atoms with Gasteiger partial charge in [-0.15, -0.1) is 10.2 Å². The molecule has 32 heavy (non-hydrogen) atoms. The molecule has 0 aliphatic rings. The first kappa shape index (κ1) is 23.2. The molecule has 0 bridgehead atoms. The molecule has 3 aromatic rings. The summed E-state index contributed by atoms with van der Waals surface area (Å²) >= 11 is 0. The number of nitrogens with zero attached hydrogens (tertiary/aromatic N) is 2. The van der Waals surface area contributed by atoms with Crippen LogP contribution in [-0.4, -0.2) is 33.7 Å². The van der Waals surface area contributed by atoms with Gasteiger partial charge in [0.05, 0.1) is 6.10 Å². The molecule has 7 nitrogen and oxygen atoms in total. The normalized spacial score (nSPS) is 11.7.